The van der Waals surface area contributed by atoms with Crippen LogP contribution < -0.4 is 0 Å². The van der Waals surface area contributed by atoms with Gasteiger partial charge >= 0.3 is 0 Å². The standard InChI is InChI=1S/C43H37N3O/c1-27(2)31-21-25-39(36(26-31)28-12-5-3-6-13-28)46-40-32-17-10-9-14-29(32)20-23-38(40)44-42(46)35-19-11-18-33-34-22-24-37(30-15-7-4-8-16-30)45-43(34)47-41(33)35/h3,5-6,9-14,17-27,30H,4,7-8,15-16H2,1-2H3. The molecular formula is C43H37N3O. The second-order valence-corrected chi connectivity index (χ2v) is 13.4. The maximum Gasteiger partial charge on any atom is 0.227 e. The number of para-hydroxylation sites is 1. The van der Waals surface area contributed by atoms with Crippen LogP contribution in [0, 0.1) is 0 Å². The second-order valence-electron chi connectivity index (χ2n) is 13.4. The molecule has 0 N–H and O–H groups in total. The molecule has 0 amide bonds. The highest BCUT2D eigenvalue weighted by Gasteiger charge is 2.24. The fourth-order valence-electron chi connectivity index (χ4n) is 7.71. The van der Waals surface area contributed by atoms with E-state index >= 15 is 0 Å². The first-order valence-corrected chi connectivity index (χ1v) is 17.1. The van der Waals surface area contributed by atoms with Crippen molar-refractivity contribution in [1.29, 1.82) is 0 Å². The van der Waals surface area contributed by atoms with E-state index in [1.807, 2.05) is 0 Å². The van der Waals surface area contributed by atoms with Gasteiger partial charge in [-0.1, -0.05) is 112 Å². The largest absolute Gasteiger partial charge is 0.437 e. The van der Waals surface area contributed by atoms with Gasteiger partial charge in [-0.25, -0.2) is 9.97 Å². The van der Waals surface area contributed by atoms with Crippen LogP contribution in [0.25, 0.3) is 72.1 Å². The van der Waals surface area contributed by atoms with Crippen LogP contribution in [0.5, 0.6) is 0 Å². The Morgan fingerprint density at radius 1 is 0.681 bits per heavy atom. The zero-order valence-corrected chi connectivity index (χ0v) is 26.9. The van der Waals surface area contributed by atoms with Crippen molar-refractivity contribution in [3.8, 4) is 28.2 Å². The molecule has 1 fully saturated rings. The summed E-state index contributed by atoms with van der Waals surface area (Å²) in [6, 6.07) is 41.5. The van der Waals surface area contributed by atoms with Crippen LogP contribution in [0.4, 0.5) is 0 Å². The number of fused-ring (bicyclic) bond motifs is 6. The minimum atomic E-state index is 0.404. The summed E-state index contributed by atoms with van der Waals surface area (Å²) in [5, 5.41) is 4.49. The Labute approximate surface area is 274 Å². The Kier molecular flexibility index (Phi) is 6.70. The van der Waals surface area contributed by atoms with E-state index < -0.39 is 0 Å². The summed E-state index contributed by atoms with van der Waals surface area (Å²) in [5.41, 5.74) is 10.5. The van der Waals surface area contributed by atoms with Crippen molar-refractivity contribution in [2.24, 2.45) is 0 Å². The molecule has 1 aliphatic carbocycles. The van der Waals surface area contributed by atoms with Gasteiger partial charge in [-0.05, 0) is 71.7 Å². The number of nitrogens with zero attached hydrogens (tertiary/aromatic N) is 3. The van der Waals surface area contributed by atoms with Gasteiger partial charge in [-0.15, -0.1) is 0 Å². The number of furan rings is 1. The first kappa shape index (κ1) is 28.0. The molecule has 1 saturated carbocycles. The normalized spacial score (nSPS) is 14.3. The number of aromatic nitrogens is 3. The van der Waals surface area contributed by atoms with Gasteiger partial charge in [-0.3, -0.25) is 4.57 Å². The summed E-state index contributed by atoms with van der Waals surface area (Å²) in [4.78, 5) is 10.5. The monoisotopic (exact) mass is 611 g/mol. The minimum Gasteiger partial charge on any atom is -0.437 e. The van der Waals surface area contributed by atoms with Crippen LogP contribution in [0.2, 0.25) is 0 Å². The summed E-state index contributed by atoms with van der Waals surface area (Å²) < 4.78 is 9.11. The molecule has 8 aromatic rings. The number of rotatable bonds is 5. The average molecular weight is 612 g/mol. The Morgan fingerprint density at radius 3 is 2.34 bits per heavy atom. The Hall–Kier alpha value is -5.22. The predicted octanol–water partition coefficient (Wildman–Crippen LogP) is 12.0. The lowest BCUT2D eigenvalue weighted by atomic mass is 9.86. The highest BCUT2D eigenvalue weighted by atomic mass is 16.3. The van der Waals surface area contributed by atoms with E-state index in [9.17, 15) is 0 Å². The molecule has 4 heteroatoms. The van der Waals surface area contributed by atoms with Crippen LogP contribution in [0.15, 0.2) is 120 Å². The van der Waals surface area contributed by atoms with Crippen LogP contribution in [0.3, 0.4) is 0 Å². The van der Waals surface area contributed by atoms with Gasteiger partial charge < -0.3 is 4.42 Å². The van der Waals surface area contributed by atoms with Crippen molar-refractivity contribution in [2.45, 2.75) is 57.8 Å². The Morgan fingerprint density at radius 2 is 1.49 bits per heavy atom. The van der Waals surface area contributed by atoms with E-state index in [1.165, 1.54) is 59.6 Å². The fourth-order valence-corrected chi connectivity index (χ4v) is 7.71. The van der Waals surface area contributed by atoms with E-state index in [-0.39, 0.29) is 0 Å². The first-order chi connectivity index (χ1) is 23.1. The number of pyridine rings is 1. The van der Waals surface area contributed by atoms with Crippen molar-refractivity contribution in [2.75, 3.05) is 0 Å². The van der Waals surface area contributed by atoms with Crippen LogP contribution >= 0.6 is 0 Å². The summed E-state index contributed by atoms with van der Waals surface area (Å²) in [6.07, 6.45) is 6.31. The summed E-state index contributed by atoms with van der Waals surface area (Å²) in [5.74, 6) is 1.79. The molecule has 0 aliphatic heterocycles. The highest BCUT2D eigenvalue weighted by Crippen LogP contribution is 2.42. The molecule has 230 valence electrons. The molecule has 4 nitrogen and oxygen atoms in total. The fraction of sp³-hybridized carbons (Fsp3) is 0.209. The van der Waals surface area contributed by atoms with E-state index in [0.717, 1.165) is 55.9 Å². The van der Waals surface area contributed by atoms with E-state index in [2.05, 4.69) is 134 Å². The lowest BCUT2D eigenvalue weighted by Gasteiger charge is -2.20. The molecule has 3 heterocycles. The molecule has 5 aromatic carbocycles. The van der Waals surface area contributed by atoms with E-state index in [4.69, 9.17) is 14.4 Å². The Bertz CT molecular complexity index is 2430. The minimum absolute atomic E-state index is 0.404. The summed E-state index contributed by atoms with van der Waals surface area (Å²) in [6.45, 7) is 4.51. The molecule has 3 aromatic heterocycles. The van der Waals surface area contributed by atoms with Gasteiger partial charge in [0.15, 0.2) is 0 Å². The van der Waals surface area contributed by atoms with Crippen molar-refractivity contribution >= 4 is 43.9 Å². The molecule has 9 rings (SSSR count). The maximum atomic E-state index is 6.74. The lowest BCUT2D eigenvalue weighted by Crippen LogP contribution is -2.06. The van der Waals surface area contributed by atoms with Gasteiger partial charge in [0.2, 0.25) is 5.71 Å². The second kappa shape index (κ2) is 11.2. The number of imidazole rings is 1. The van der Waals surface area contributed by atoms with Gasteiger partial charge in [0.1, 0.15) is 11.4 Å². The molecule has 47 heavy (non-hydrogen) atoms. The molecular weight excluding hydrogens is 574 g/mol. The molecule has 0 saturated heterocycles. The molecule has 0 spiro atoms. The maximum absolute atomic E-state index is 6.74. The first-order valence-electron chi connectivity index (χ1n) is 17.1. The Balaban J connectivity index is 1.35. The van der Waals surface area contributed by atoms with E-state index in [0.29, 0.717) is 11.8 Å². The number of hydrogen-bond acceptors (Lipinski definition) is 3. The average Bonchev–Trinajstić information content (AvgIpc) is 3.71. The quantitative estimate of drug-likeness (QED) is 0.194. The third-order valence-corrected chi connectivity index (χ3v) is 10.2. The molecule has 0 unspecified atom stereocenters. The molecule has 0 bridgehead atoms. The predicted molar refractivity (Wildman–Crippen MR) is 194 cm³/mol. The molecule has 1 aliphatic rings. The summed E-state index contributed by atoms with van der Waals surface area (Å²) >= 11 is 0. The van der Waals surface area contributed by atoms with Crippen molar-refractivity contribution in [3.63, 3.8) is 0 Å². The molecule has 0 radical (unpaired) electrons. The van der Waals surface area contributed by atoms with Gasteiger partial charge in [-0.2, -0.15) is 0 Å². The van der Waals surface area contributed by atoms with Crippen LogP contribution in [-0.4, -0.2) is 14.5 Å². The zero-order chi connectivity index (χ0) is 31.5. The van der Waals surface area contributed by atoms with Gasteiger partial charge in [0.25, 0.3) is 0 Å². The van der Waals surface area contributed by atoms with Crippen LogP contribution in [-0.2, 0) is 0 Å². The topological polar surface area (TPSA) is 43.9 Å². The van der Waals surface area contributed by atoms with Crippen molar-refractivity contribution < 1.29 is 4.42 Å². The third kappa shape index (κ3) is 4.66. The van der Waals surface area contributed by atoms with E-state index in [1.54, 1.807) is 0 Å². The smallest absolute Gasteiger partial charge is 0.227 e. The van der Waals surface area contributed by atoms with Gasteiger partial charge in [0, 0.05) is 33.3 Å². The highest BCUT2D eigenvalue weighted by molar-refractivity contribution is 6.11. The van der Waals surface area contributed by atoms with Crippen molar-refractivity contribution in [3.05, 3.63) is 127 Å². The summed E-state index contributed by atoms with van der Waals surface area (Å²) in [7, 11) is 0. The number of hydrogen-bond donors (Lipinski definition) is 0. The SMILES string of the molecule is CC(C)c1ccc(-n2c(-c3cccc4c3oc3nc(C5CCCCC5)ccc34)nc3ccc4ccccc4c32)c(-c2ccccc2)c1. The van der Waals surface area contributed by atoms with Gasteiger partial charge in [0.05, 0.1) is 22.3 Å². The van der Waals surface area contributed by atoms with Crippen LogP contribution in [0.1, 0.15) is 69.0 Å². The molecule has 0 atom stereocenters. The lowest BCUT2D eigenvalue weighted by molar-refractivity contribution is 0.436. The zero-order valence-electron chi connectivity index (χ0n) is 26.9. The third-order valence-electron chi connectivity index (χ3n) is 10.2. The number of benzene rings is 5. The van der Waals surface area contributed by atoms with Crippen molar-refractivity contribution in [1.82, 2.24) is 14.5 Å².